The molecule has 0 heterocycles. The molecule has 3 aromatic carbocycles. The number of nitrogens with zero attached hydrogens (tertiary/aromatic N) is 2. The molecule has 7 nitrogen and oxygen atoms in total. The van der Waals surface area contributed by atoms with Gasteiger partial charge in [-0.15, -0.1) is 0 Å². The maximum Gasteiger partial charge on any atom is 0.416 e. The number of hydrogen-bond acceptors (Lipinski definition) is 4. The summed E-state index contributed by atoms with van der Waals surface area (Å²) in [5, 5.41) is 2.91. The van der Waals surface area contributed by atoms with Gasteiger partial charge in [0.25, 0.3) is 0 Å². The second-order valence-corrected chi connectivity index (χ2v) is 13.7. The Kier molecular flexibility index (Phi) is 10.5. The third kappa shape index (κ3) is 9.59. The molecular formula is C30H33BrF3N3O4S. The lowest BCUT2D eigenvalue weighted by Gasteiger charge is -2.35. The lowest BCUT2D eigenvalue weighted by Crippen LogP contribution is -2.56. The van der Waals surface area contributed by atoms with Crippen LogP contribution in [0.25, 0.3) is 0 Å². The molecule has 0 fully saturated rings. The minimum atomic E-state index is -4.72. The van der Waals surface area contributed by atoms with Crippen LogP contribution in [0.5, 0.6) is 0 Å². The lowest BCUT2D eigenvalue weighted by atomic mass is 10.0. The number of anilines is 1. The molecule has 0 aliphatic carbocycles. The normalized spacial score (nSPS) is 12.9. The molecule has 3 rings (SSSR count). The van der Waals surface area contributed by atoms with E-state index in [4.69, 9.17) is 0 Å². The fourth-order valence-corrected chi connectivity index (χ4v) is 5.35. The summed E-state index contributed by atoms with van der Waals surface area (Å²) in [6.07, 6.45) is -3.79. The predicted octanol–water partition coefficient (Wildman–Crippen LogP) is 5.79. The largest absolute Gasteiger partial charge is 0.416 e. The Morgan fingerprint density at radius 2 is 1.52 bits per heavy atom. The van der Waals surface area contributed by atoms with E-state index in [1.807, 2.05) is 18.2 Å². The third-order valence-corrected chi connectivity index (χ3v) is 7.85. The highest BCUT2D eigenvalue weighted by atomic mass is 79.9. The Morgan fingerprint density at radius 3 is 2.07 bits per heavy atom. The van der Waals surface area contributed by atoms with Crippen molar-refractivity contribution in [3.8, 4) is 0 Å². The first-order valence-electron chi connectivity index (χ1n) is 13.0. The van der Waals surface area contributed by atoms with Crippen LogP contribution in [0.2, 0.25) is 0 Å². The first kappa shape index (κ1) is 33.1. The SMILES string of the molecule is CC(C)(C)NC(=O)[C@@H](Cc1ccccc1)N(Cc1ccc(Br)cc1)C(=O)CN(c1cccc(C(F)(F)F)c1)S(C)(=O)=O. The van der Waals surface area contributed by atoms with Crippen molar-refractivity contribution >= 4 is 43.5 Å². The summed E-state index contributed by atoms with van der Waals surface area (Å²) in [6.45, 7) is 4.52. The van der Waals surface area contributed by atoms with E-state index in [0.717, 1.165) is 28.4 Å². The van der Waals surface area contributed by atoms with E-state index in [9.17, 15) is 31.2 Å². The highest BCUT2D eigenvalue weighted by Gasteiger charge is 2.35. The molecule has 2 amide bonds. The average molecular weight is 669 g/mol. The van der Waals surface area contributed by atoms with Crippen molar-refractivity contribution in [1.29, 1.82) is 0 Å². The van der Waals surface area contributed by atoms with Gasteiger partial charge in [0.15, 0.2) is 0 Å². The number of carbonyl (C=O) groups is 2. The van der Waals surface area contributed by atoms with Crippen LogP contribution in [0.3, 0.4) is 0 Å². The van der Waals surface area contributed by atoms with E-state index in [1.165, 1.54) is 11.0 Å². The van der Waals surface area contributed by atoms with E-state index < -0.39 is 51.7 Å². The summed E-state index contributed by atoms with van der Waals surface area (Å²) in [4.78, 5) is 29.0. The molecule has 0 radical (unpaired) electrons. The molecule has 0 bridgehead atoms. The number of halogens is 4. The van der Waals surface area contributed by atoms with E-state index in [2.05, 4.69) is 21.2 Å². The minimum Gasteiger partial charge on any atom is -0.350 e. The van der Waals surface area contributed by atoms with Gasteiger partial charge < -0.3 is 10.2 Å². The van der Waals surface area contributed by atoms with E-state index in [0.29, 0.717) is 15.9 Å². The molecule has 0 unspecified atom stereocenters. The number of alkyl halides is 3. The van der Waals surface area contributed by atoms with Crippen molar-refractivity contribution in [3.05, 3.63) is 100 Å². The average Bonchev–Trinajstić information content (AvgIpc) is 2.88. The quantitative estimate of drug-likeness (QED) is 0.297. The van der Waals surface area contributed by atoms with Crippen LogP contribution in [0.4, 0.5) is 18.9 Å². The predicted molar refractivity (Wildman–Crippen MR) is 160 cm³/mol. The third-order valence-electron chi connectivity index (χ3n) is 6.18. The molecule has 0 aliphatic heterocycles. The highest BCUT2D eigenvalue weighted by molar-refractivity contribution is 9.10. The molecule has 1 N–H and O–H groups in total. The van der Waals surface area contributed by atoms with E-state index in [1.54, 1.807) is 57.2 Å². The lowest BCUT2D eigenvalue weighted by molar-refractivity contribution is -0.140. The highest BCUT2D eigenvalue weighted by Crippen LogP contribution is 2.32. The number of hydrogen-bond donors (Lipinski definition) is 1. The van der Waals surface area contributed by atoms with Crippen molar-refractivity contribution in [1.82, 2.24) is 10.2 Å². The summed E-state index contributed by atoms with van der Waals surface area (Å²) in [5.74, 6) is -1.22. The van der Waals surface area contributed by atoms with E-state index in [-0.39, 0.29) is 18.7 Å². The zero-order chi connectivity index (χ0) is 31.3. The summed E-state index contributed by atoms with van der Waals surface area (Å²) in [5.41, 5.74) is -0.590. The number of rotatable bonds is 10. The van der Waals surface area contributed by atoms with Crippen molar-refractivity contribution in [2.75, 3.05) is 17.1 Å². The van der Waals surface area contributed by atoms with Gasteiger partial charge in [0.05, 0.1) is 17.5 Å². The number of carbonyl (C=O) groups excluding carboxylic acids is 2. The Bertz CT molecular complexity index is 1490. The fourth-order valence-electron chi connectivity index (χ4n) is 4.24. The molecular weight excluding hydrogens is 635 g/mol. The zero-order valence-corrected chi connectivity index (χ0v) is 26.1. The van der Waals surface area contributed by atoms with Crippen LogP contribution in [0, 0.1) is 0 Å². The zero-order valence-electron chi connectivity index (χ0n) is 23.7. The summed E-state index contributed by atoms with van der Waals surface area (Å²) in [7, 11) is -4.21. The Hall–Kier alpha value is -3.38. The maximum absolute atomic E-state index is 14.0. The smallest absolute Gasteiger partial charge is 0.350 e. The van der Waals surface area contributed by atoms with Crippen LogP contribution in [-0.2, 0) is 38.8 Å². The van der Waals surface area contributed by atoms with Crippen LogP contribution >= 0.6 is 15.9 Å². The van der Waals surface area contributed by atoms with E-state index >= 15 is 0 Å². The van der Waals surface area contributed by atoms with Gasteiger partial charge >= 0.3 is 6.18 Å². The number of amides is 2. The van der Waals surface area contributed by atoms with Crippen molar-refractivity contribution in [3.63, 3.8) is 0 Å². The molecule has 12 heteroatoms. The first-order valence-corrected chi connectivity index (χ1v) is 15.6. The van der Waals surface area contributed by atoms with Gasteiger partial charge in [0, 0.05) is 23.0 Å². The summed E-state index contributed by atoms with van der Waals surface area (Å²) >= 11 is 3.37. The molecule has 226 valence electrons. The molecule has 42 heavy (non-hydrogen) atoms. The van der Waals surface area contributed by atoms with Gasteiger partial charge in [0.2, 0.25) is 21.8 Å². The second-order valence-electron chi connectivity index (χ2n) is 10.9. The Labute approximate surface area is 252 Å². The molecule has 0 aliphatic rings. The molecule has 1 atom stereocenters. The molecule has 0 saturated heterocycles. The van der Waals surface area contributed by atoms with Gasteiger partial charge in [-0.25, -0.2) is 8.42 Å². The van der Waals surface area contributed by atoms with Crippen LogP contribution in [-0.4, -0.2) is 49.5 Å². The molecule has 0 aromatic heterocycles. The summed E-state index contributed by atoms with van der Waals surface area (Å²) < 4.78 is 67.4. The Morgan fingerprint density at radius 1 is 0.905 bits per heavy atom. The van der Waals surface area contributed by atoms with Gasteiger partial charge in [0.1, 0.15) is 12.6 Å². The van der Waals surface area contributed by atoms with Crippen molar-refractivity contribution in [2.45, 2.75) is 51.5 Å². The number of sulfonamides is 1. The molecule has 3 aromatic rings. The topological polar surface area (TPSA) is 86.8 Å². The van der Waals surface area contributed by atoms with Gasteiger partial charge in [-0.2, -0.15) is 13.2 Å². The standard InChI is InChI=1S/C30H33BrF3N3O4S/c1-29(2,3)35-28(39)26(17-21-9-6-5-7-10-21)36(19-22-13-15-24(31)16-14-22)27(38)20-37(42(4,40)41)25-12-8-11-23(18-25)30(32,33)34/h5-16,18,26H,17,19-20H2,1-4H3,(H,35,39)/t26-/m1/s1. The number of benzene rings is 3. The van der Waals surface area contributed by atoms with Crippen LogP contribution in [0.15, 0.2) is 83.3 Å². The molecule has 0 saturated carbocycles. The van der Waals surface area contributed by atoms with Crippen LogP contribution < -0.4 is 9.62 Å². The van der Waals surface area contributed by atoms with Gasteiger partial charge in [-0.1, -0.05) is 64.5 Å². The van der Waals surface area contributed by atoms with Gasteiger partial charge in [-0.05, 0) is 62.2 Å². The fraction of sp³-hybridized carbons (Fsp3) is 0.333. The minimum absolute atomic E-state index is 0.0542. The van der Waals surface area contributed by atoms with Gasteiger partial charge in [-0.3, -0.25) is 13.9 Å². The number of nitrogens with one attached hydrogen (secondary N) is 1. The van der Waals surface area contributed by atoms with Crippen LogP contribution in [0.1, 0.15) is 37.5 Å². The Balaban J connectivity index is 2.09. The van der Waals surface area contributed by atoms with Crippen molar-refractivity contribution in [2.24, 2.45) is 0 Å². The van der Waals surface area contributed by atoms with Crippen molar-refractivity contribution < 1.29 is 31.2 Å². The summed E-state index contributed by atoms with van der Waals surface area (Å²) in [6, 6.07) is 18.8. The monoisotopic (exact) mass is 667 g/mol. The second kappa shape index (κ2) is 13.3. The first-order chi connectivity index (χ1) is 19.4. The molecule has 0 spiro atoms. The maximum atomic E-state index is 14.0.